The number of nitriles is 1. The normalized spacial score (nSPS) is 16.8. The molecule has 126 valence electrons. The number of likely N-dealkylation sites (tertiary alicyclic amines) is 1. The fraction of sp³-hybridized carbons (Fsp3) is 0.222. The fourth-order valence-electron chi connectivity index (χ4n) is 2.49. The second kappa shape index (κ2) is 6.95. The predicted octanol–water partition coefficient (Wildman–Crippen LogP) is 2.48. The number of rotatable bonds is 4. The largest absolute Gasteiger partial charge is 0.497 e. The SMILES string of the molecule is COc1ccc(-c2ccc(C#N)c(SC3CC(=O)N(C)C3=O)n2)cc1. The first kappa shape index (κ1) is 17.0. The zero-order valence-electron chi connectivity index (χ0n) is 13.7. The van der Waals surface area contributed by atoms with E-state index in [-0.39, 0.29) is 18.2 Å². The quantitative estimate of drug-likeness (QED) is 0.785. The fourth-order valence-corrected chi connectivity index (χ4v) is 3.63. The number of nitrogens with zero attached hydrogens (tertiary/aromatic N) is 3. The van der Waals surface area contributed by atoms with Crippen LogP contribution in [0.15, 0.2) is 41.4 Å². The summed E-state index contributed by atoms with van der Waals surface area (Å²) < 4.78 is 5.14. The van der Waals surface area contributed by atoms with Gasteiger partial charge in [0.15, 0.2) is 0 Å². The molecule has 3 rings (SSSR count). The second-order valence-electron chi connectivity index (χ2n) is 5.49. The number of benzene rings is 1. The Morgan fingerprint density at radius 3 is 2.52 bits per heavy atom. The number of hydrogen-bond donors (Lipinski definition) is 0. The molecule has 0 saturated carbocycles. The summed E-state index contributed by atoms with van der Waals surface area (Å²) >= 11 is 1.16. The molecule has 1 aromatic carbocycles. The van der Waals surface area contributed by atoms with Crippen LogP contribution >= 0.6 is 11.8 Å². The van der Waals surface area contributed by atoms with Crippen molar-refractivity contribution in [2.75, 3.05) is 14.2 Å². The molecule has 25 heavy (non-hydrogen) atoms. The summed E-state index contributed by atoms with van der Waals surface area (Å²) in [6.07, 6.45) is 0.124. The molecule has 6 nitrogen and oxygen atoms in total. The number of thioether (sulfide) groups is 1. The van der Waals surface area contributed by atoms with Crippen LogP contribution in [-0.4, -0.2) is 41.1 Å². The Morgan fingerprint density at radius 1 is 1.24 bits per heavy atom. The van der Waals surface area contributed by atoms with Gasteiger partial charge >= 0.3 is 0 Å². The molecule has 2 heterocycles. The summed E-state index contributed by atoms with van der Waals surface area (Å²) in [6, 6.07) is 12.9. The van der Waals surface area contributed by atoms with E-state index >= 15 is 0 Å². The number of carbonyl (C=O) groups is 2. The number of methoxy groups -OCH3 is 1. The number of imide groups is 1. The highest BCUT2D eigenvalue weighted by atomic mass is 32.2. The van der Waals surface area contributed by atoms with Crippen molar-refractivity contribution in [1.82, 2.24) is 9.88 Å². The van der Waals surface area contributed by atoms with Gasteiger partial charge < -0.3 is 4.74 Å². The molecule has 1 aromatic heterocycles. The summed E-state index contributed by atoms with van der Waals surface area (Å²) in [5.41, 5.74) is 1.95. The molecule has 0 aliphatic carbocycles. The van der Waals surface area contributed by atoms with Crippen LogP contribution in [-0.2, 0) is 9.59 Å². The van der Waals surface area contributed by atoms with E-state index in [9.17, 15) is 14.9 Å². The third-order valence-electron chi connectivity index (χ3n) is 3.96. The van der Waals surface area contributed by atoms with Gasteiger partial charge in [0.05, 0.1) is 23.6 Å². The van der Waals surface area contributed by atoms with Crippen LogP contribution in [0.5, 0.6) is 5.75 Å². The molecule has 1 fully saturated rings. The predicted molar refractivity (Wildman–Crippen MR) is 93.0 cm³/mol. The van der Waals surface area contributed by atoms with Crippen molar-refractivity contribution in [1.29, 1.82) is 5.26 Å². The standard InChI is InChI=1S/C18H15N3O3S/c1-21-16(22)9-15(18(21)23)25-17-12(10-19)5-8-14(20-17)11-3-6-13(24-2)7-4-11/h3-8,15H,9H2,1-2H3. The van der Waals surface area contributed by atoms with E-state index in [2.05, 4.69) is 11.1 Å². The Morgan fingerprint density at radius 2 is 1.96 bits per heavy atom. The van der Waals surface area contributed by atoms with E-state index in [0.717, 1.165) is 28.0 Å². The van der Waals surface area contributed by atoms with Crippen molar-refractivity contribution in [3.8, 4) is 23.1 Å². The highest BCUT2D eigenvalue weighted by molar-refractivity contribution is 8.00. The third kappa shape index (κ3) is 3.35. The minimum Gasteiger partial charge on any atom is -0.497 e. The van der Waals surface area contributed by atoms with E-state index in [1.165, 1.54) is 7.05 Å². The van der Waals surface area contributed by atoms with Crippen molar-refractivity contribution in [2.24, 2.45) is 0 Å². The lowest BCUT2D eigenvalue weighted by atomic mass is 10.1. The highest BCUT2D eigenvalue weighted by Gasteiger charge is 2.37. The number of amides is 2. The summed E-state index contributed by atoms with van der Waals surface area (Å²) in [6.45, 7) is 0. The van der Waals surface area contributed by atoms with Crippen LogP contribution in [0.4, 0.5) is 0 Å². The van der Waals surface area contributed by atoms with E-state index in [0.29, 0.717) is 16.3 Å². The average molecular weight is 353 g/mol. The van der Waals surface area contributed by atoms with Crippen molar-refractivity contribution in [3.63, 3.8) is 0 Å². The van der Waals surface area contributed by atoms with Crippen LogP contribution in [0.1, 0.15) is 12.0 Å². The monoisotopic (exact) mass is 353 g/mol. The van der Waals surface area contributed by atoms with Gasteiger partial charge in [0, 0.05) is 19.0 Å². The van der Waals surface area contributed by atoms with Gasteiger partial charge in [0.2, 0.25) is 11.8 Å². The molecule has 1 atom stereocenters. The number of carbonyl (C=O) groups excluding carboxylic acids is 2. The molecule has 1 unspecified atom stereocenters. The number of ether oxygens (including phenoxy) is 1. The lowest BCUT2D eigenvalue weighted by Crippen LogP contribution is -2.26. The summed E-state index contributed by atoms with van der Waals surface area (Å²) in [5, 5.41) is 9.23. The lowest BCUT2D eigenvalue weighted by molar-refractivity contribution is -0.136. The molecule has 0 bridgehead atoms. The van der Waals surface area contributed by atoms with Gasteiger partial charge in [-0.3, -0.25) is 14.5 Å². The Hall–Kier alpha value is -2.85. The van der Waals surface area contributed by atoms with Crippen LogP contribution in [0.25, 0.3) is 11.3 Å². The topological polar surface area (TPSA) is 83.3 Å². The third-order valence-corrected chi connectivity index (χ3v) is 5.15. The van der Waals surface area contributed by atoms with Crippen LogP contribution in [0.2, 0.25) is 0 Å². The maximum absolute atomic E-state index is 12.1. The zero-order chi connectivity index (χ0) is 18.0. The van der Waals surface area contributed by atoms with Crippen molar-refractivity contribution in [3.05, 3.63) is 42.0 Å². The molecule has 2 aromatic rings. The zero-order valence-corrected chi connectivity index (χ0v) is 14.5. The molecule has 2 amide bonds. The molecule has 1 aliphatic heterocycles. The smallest absolute Gasteiger partial charge is 0.242 e. The summed E-state index contributed by atoms with van der Waals surface area (Å²) in [7, 11) is 3.07. The van der Waals surface area contributed by atoms with Gasteiger partial charge in [-0.15, -0.1) is 0 Å². The van der Waals surface area contributed by atoms with Crippen molar-refractivity contribution < 1.29 is 14.3 Å². The number of aromatic nitrogens is 1. The lowest BCUT2D eigenvalue weighted by Gasteiger charge is -2.11. The van der Waals surface area contributed by atoms with Gasteiger partial charge in [-0.05, 0) is 36.4 Å². The molecule has 1 saturated heterocycles. The minimum absolute atomic E-state index is 0.124. The highest BCUT2D eigenvalue weighted by Crippen LogP contribution is 2.33. The summed E-state index contributed by atoms with van der Waals surface area (Å²) in [5.74, 6) is 0.271. The Kier molecular flexibility index (Phi) is 4.72. The first-order valence-electron chi connectivity index (χ1n) is 7.56. The maximum Gasteiger partial charge on any atom is 0.242 e. The van der Waals surface area contributed by atoms with E-state index in [1.54, 1.807) is 19.2 Å². The van der Waals surface area contributed by atoms with Gasteiger partial charge in [-0.25, -0.2) is 4.98 Å². The van der Waals surface area contributed by atoms with Crippen molar-refractivity contribution >= 4 is 23.6 Å². The second-order valence-corrected chi connectivity index (χ2v) is 6.68. The molecular weight excluding hydrogens is 338 g/mol. The molecule has 0 N–H and O–H groups in total. The number of hydrogen-bond acceptors (Lipinski definition) is 6. The van der Waals surface area contributed by atoms with E-state index in [4.69, 9.17) is 4.74 Å². The minimum atomic E-state index is -0.539. The Bertz CT molecular complexity index is 874. The molecular formula is C18H15N3O3S. The van der Waals surface area contributed by atoms with Gasteiger partial charge in [0.25, 0.3) is 0 Å². The van der Waals surface area contributed by atoms with Crippen molar-refractivity contribution in [2.45, 2.75) is 16.7 Å². The molecule has 7 heteroatoms. The van der Waals surface area contributed by atoms with E-state index in [1.807, 2.05) is 24.3 Å². The van der Waals surface area contributed by atoms with Gasteiger partial charge in [-0.2, -0.15) is 5.26 Å². The average Bonchev–Trinajstić information content (AvgIpc) is 2.88. The summed E-state index contributed by atoms with van der Waals surface area (Å²) in [4.78, 5) is 29.4. The first-order valence-corrected chi connectivity index (χ1v) is 8.44. The van der Waals surface area contributed by atoms with E-state index < -0.39 is 5.25 Å². The molecule has 1 aliphatic rings. The van der Waals surface area contributed by atoms with Gasteiger partial charge in [0.1, 0.15) is 16.8 Å². The van der Waals surface area contributed by atoms with Crippen LogP contribution in [0, 0.1) is 11.3 Å². The molecule has 0 radical (unpaired) electrons. The maximum atomic E-state index is 12.1. The number of pyridine rings is 1. The Labute approximate surface area is 149 Å². The van der Waals surface area contributed by atoms with Crippen LogP contribution in [0.3, 0.4) is 0 Å². The van der Waals surface area contributed by atoms with Gasteiger partial charge in [-0.1, -0.05) is 11.8 Å². The Balaban J connectivity index is 1.91. The van der Waals surface area contributed by atoms with Crippen LogP contribution < -0.4 is 4.74 Å². The molecule has 0 spiro atoms. The first-order chi connectivity index (χ1) is 12.0.